The zero-order chi connectivity index (χ0) is 18.6. The summed E-state index contributed by atoms with van der Waals surface area (Å²) >= 11 is 0. The van der Waals surface area contributed by atoms with Crippen LogP contribution in [-0.2, 0) is 4.84 Å². The SMILES string of the molecule is C/C(=N\OC(=O)c1ccccc1)c1cn(-c2ccccc2)c2ccccc12. The van der Waals surface area contributed by atoms with E-state index < -0.39 is 5.97 Å². The predicted octanol–water partition coefficient (Wildman–Crippen LogP) is 5.21. The fraction of sp³-hybridized carbons (Fsp3) is 0.0435. The molecule has 0 aliphatic rings. The number of rotatable bonds is 4. The van der Waals surface area contributed by atoms with E-state index in [0.29, 0.717) is 11.3 Å². The number of hydrogen-bond donors (Lipinski definition) is 0. The van der Waals surface area contributed by atoms with Gasteiger partial charge in [-0.25, -0.2) is 4.79 Å². The average Bonchev–Trinajstić information content (AvgIpc) is 3.13. The summed E-state index contributed by atoms with van der Waals surface area (Å²) in [4.78, 5) is 17.3. The van der Waals surface area contributed by atoms with Crippen molar-refractivity contribution in [1.29, 1.82) is 0 Å². The molecule has 0 N–H and O–H groups in total. The van der Waals surface area contributed by atoms with E-state index in [1.54, 1.807) is 24.3 Å². The Bertz CT molecular complexity index is 1110. The Morgan fingerprint density at radius 3 is 2.22 bits per heavy atom. The number of fused-ring (bicyclic) bond motifs is 1. The van der Waals surface area contributed by atoms with Gasteiger partial charge in [0, 0.05) is 22.8 Å². The van der Waals surface area contributed by atoms with Gasteiger partial charge in [-0.05, 0) is 37.3 Å². The Hall–Kier alpha value is -3.66. The minimum Gasteiger partial charge on any atom is -0.316 e. The number of nitrogens with zero attached hydrogens (tertiary/aromatic N) is 2. The summed E-state index contributed by atoms with van der Waals surface area (Å²) in [7, 11) is 0. The van der Waals surface area contributed by atoms with E-state index in [1.807, 2.05) is 55.6 Å². The largest absolute Gasteiger partial charge is 0.365 e. The van der Waals surface area contributed by atoms with Gasteiger partial charge in [-0.15, -0.1) is 0 Å². The third-order valence-electron chi connectivity index (χ3n) is 4.41. The lowest BCUT2D eigenvalue weighted by Gasteiger charge is -2.04. The Balaban J connectivity index is 1.70. The molecule has 4 heteroatoms. The number of hydrogen-bond acceptors (Lipinski definition) is 3. The Kier molecular flexibility index (Phi) is 4.54. The van der Waals surface area contributed by atoms with Gasteiger partial charge in [0.15, 0.2) is 0 Å². The molecule has 3 aromatic carbocycles. The van der Waals surface area contributed by atoms with Gasteiger partial charge in [-0.1, -0.05) is 59.8 Å². The van der Waals surface area contributed by atoms with E-state index in [-0.39, 0.29) is 0 Å². The van der Waals surface area contributed by atoms with E-state index in [9.17, 15) is 4.79 Å². The smallest absolute Gasteiger partial charge is 0.316 e. The average molecular weight is 354 g/mol. The molecule has 0 saturated carbocycles. The van der Waals surface area contributed by atoms with Crippen LogP contribution < -0.4 is 0 Å². The second-order valence-corrected chi connectivity index (χ2v) is 6.19. The lowest BCUT2D eigenvalue weighted by Crippen LogP contribution is -2.03. The molecule has 0 aliphatic carbocycles. The molecule has 132 valence electrons. The molecule has 0 atom stereocenters. The molecular weight excluding hydrogens is 336 g/mol. The van der Waals surface area contributed by atoms with Crippen molar-refractivity contribution >= 4 is 22.6 Å². The molecule has 27 heavy (non-hydrogen) atoms. The predicted molar refractivity (Wildman–Crippen MR) is 107 cm³/mol. The van der Waals surface area contributed by atoms with Gasteiger partial charge < -0.3 is 9.40 Å². The van der Waals surface area contributed by atoms with Gasteiger partial charge in [0.05, 0.1) is 16.8 Å². The third-order valence-corrected chi connectivity index (χ3v) is 4.41. The van der Waals surface area contributed by atoms with E-state index in [1.165, 1.54) is 0 Å². The molecule has 0 saturated heterocycles. The molecule has 0 bridgehead atoms. The van der Waals surface area contributed by atoms with Crippen molar-refractivity contribution in [2.24, 2.45) is 5.16 Å². The van der Waals surface area contributed by atoms with Crippen LogP contribution in [0.15, 0.2) is 96.3 Å². The Morgan fingerprint density at radius 2 is 1.48 bits per heavy atom. The standard InChI is InChI=1S/C23H18N2O2/c1-17(24-27-23(26)18-10-4-2-5-11-18)21-16-25(19-12-6-3-7-13-19)22-15-9-8-14-20(21)22/h2-16H,1H3/b24-17+. The zero-order valence-corrected chi connectivity index (χ0v) is 14.9. The van der Waals surface area contributed by atoms with Crippen LogP contribution in [0, 0.1) is 0 Å². The molecule has 0 fully saturated rings. The fourth-order valence-electron chi connectivity index (χ4n) is 3.06. The first-order valence-corrected chi connectivity index (χ1v) is 8.71. The Labute approximate surface area is 157 Å². The highest BCUT2D eigenvalue weighted by Crippen LogP contribution is 2.25. The lowest BCUT2D eigenvalue weighted by molar-refractivity contribution is 0.0516. The maximum absolute atomic E-state index is 12.1. The van der Waals surface area contributed by atoms with Gasteiger partial charge in [0.2, 0.25) is 0 Å². The molecule has 4 rings (SSSR count). The second-order valence-electron chi connectivity index (χ2n) is 6.19. The summed E-state index contributed by atoms with van der Waals surface area (Å²) in [6.45, 7) is 1.84. The number of benzene rings is 3. The topological polar surface area (TPSA) is 43.6 Å². The molecule has 1 aromatic heterocycles. The molecule has 0 unspecified atom stereocenters. The number of para-hydroxylation sites is 2. The molecule has 1 heterocycles. The highest BCUT2D eigenvalue weighted by molar-refractivity contribution is 6.10. The van der Waals surface area contributed by atoms with Gasteiger partial charge in [0.25, 0.3) is 0 Å². The fourth-order valence-corrected chi connectivity index (χ4v) is 3.06. The quantitative estimate of drug-likeness (QED) is 0.287. The maximum atomic E-state index is 12.1. The van der Waals surface area contributed by atoms with Crippen LogP contribution >= 0.6 is 0 Å². The van der Waals surface area contributed by atoms with E-state index in [0.717, 1.165) is 22.2 Å². The van der Waals surface area contributed by atoms with Crippen LogP contribution in [0.4, 0.5) is 0 Å². The molecule has 4 nitrogen and oxygen atoms in total. The van der Waals surface area contributed by atoms with Crippen LogP contribution in [0.3, 0.4) is 0 Å². The summed E-state index contributed by atoms with van der Waals surface area (Å²) < 4.78 is 2.11. The minimum absolute atomic E-state index is 0.471. The monoisotopic (exact) mass is 354 g/mol. The molecule has 4 aromatic rings. The summed E-state index contributed by atoms with van der Waals surface area (Å²) in [5, 5.41) is 5.14. The third kappa shape index (κ3) is 3.37. The normalized spacial score (nSPS) is 11.5. The van der Waals surface area contributed by atoms with Crippen molar-refractivity contribution in [3.63, 3.8) is 0 Å². The van der Waals surface area contributed by atoms with Gasteiger partial charge in [0.1, 0.15) is 0 Å². The maximum Gasteiger partial charge on any atom is 0.365 e. The molecule has 0 spiro atoms. The van der Waals surface area contributed by atoms with Crippen molar-refractivity contribution in [3.05, 3.63) is 102 Å². The van der Waals surface area contributed by atoms with Crippen LogP contribution in [0.5, 0.6) is 0 Å². The molecular formula is C23H18N2O2. The van der Waals surface area contributed by atoms with Crippen molar-refractivity contribution in [2.75, 3.05) is 0 Å². The van der Waals surface area contributed by atoms with E-state index in [4.69, 9.17) is 4.84 Å². The van der Waals surface area contributed by atoms with Crippen LogP contribution in [0.25, 0.3) is 16.6 Å². The van der Waals surface area contributed by atoms with Crippen molar-refractivity contribution < 1.29 is 9.63 Å². The summed E-state index contributed by atoms with van der Waals surface area (Å²) in [6, 6.07) is 27.1. The zero-order valence-electron chi connectivity index (χ0n) is 14.9. The first-order valence-electron chi connectivity index (χ1n) is 8.71. The number of oxime groups is 1. The molecule has 0 radical (unpaired) electrons. The summed E-state index contributed by atoms with van der Waals surface area (Å²) in [5.41, 5.74) is 4.18. The Morgan fingerprint density at radius 1 is 0.852 bits per heavy atom. The second kappa shape index (κ2) is 7.30. The van der Waals surface area contributed by atoms with Crippen LogP contribution in [-0.4, -0.2) is 16.2 Å². The van der Waals surface area contributed by atoms with Gasteiger partial charge in [-0.3, -0.25) is 0 Å². The summed E-state index contributed by atoms with van der Waals surface area (Å²) in [6.07, 6.45) is 2.02. The van der Waals surface area contributed by atoms with E-state index in [2.05, 4.69) is 27.9 Å². The van der Waals surface area contributed by atoms with Crippen molar-refractivity contribution in [1.82, 2.24) is 4.57 Å². The highest BCUT2D eigenvalue weighted by Gasteiger charge is 2.13. The van der Waals surface area contributed by atoms with Crippen molar-refractivity contribution in [2.45, 2.75) is 6.92 Å². The van der Waals surface area contributed by atoms with Crippen molar-refractivity contribution in [3.8, 4) is 5.69 Å². The summed E-state index contributed by atoms with van der Waals surface area (Å²) in [5.74, 6) is -0.471. The highest BCUT2D eigenvalue weighted by atomic mass is 16.7. The lowest BCUT2D eigenvalue weighted by atomic mass is 10.1. The van der Waals surface area contributed by atoms with Gasteiger partial charge >= 0.3 is 5.97 Å². The number of aromatic nitrogens is 1. The molecule has 0 aliphatic heterocycles. The van der Waals surface area contributed by atoms with Crippen LogP contribution in [0.1, 0.15) is 22.8 Å². The molecule has 0 amide bonds. The number of carbonyl (C=O) groups excluding carboxylic acids is 1. The first-order chi connectivity index (χ1) is 13.2. The van der Waals surface area contributed by atoms with E-state index >= 15 is 0 Å². The van der Waals surface area contributed by atoms with Gasteiger partial charge in [-0.2, -0.15) is 0 Å². The first kappa shape index (κ1) is 16.8. The number of carbonyl (C=O) groups is 1. The minimum atomic E-state index is -0.471. The van der Waals surface area contributed by atoms with Crippen LogP contribution in [0.2, 0.25) is 0 Å².